The monoisotopic (exact) mass is 330 g/mol. The predicted molar refractivity (Wildman–Crippen MR) is 87.1 cm³/mol. The summed E-state index contributed by atoms with van der Waals surface area (Å²) in [4.78, 5) is 0.338. The number of hydrogen-bond donors (Lipinski definition) is 1. The molecule has 0 aromatic heterocycles. The first-order valence-electron chi connectivity index (χ1n) is 6.91. The van der Waals surface area contributed by atoms with E-state index in [1.54, 1.807) is 48.3 Å². The minimum atomic E-state index is -3.52. The van der Waals surface area contributed by atoms with Gasteiger partial charge in [-0.1, -0.05) is 0 Å². The number of benzene rings is 1. The molecule has 0 aliphatic carbocycles. The molecule has 1 aliphatic rings. The van der Waals surface area contributed by atoms with Gasteiger partial charge in [-0.2, -0.15) is 16.1 Å². The Labute approximate surface area is 130 Å². The highest BCUT2D eigenvalue weighted by Crippen LogP contribution is 2.29. The Kier molecular flexibility index (Phi) is 5.54. The molecule has 1 saturated heterocycles. The van der Waals surface area contributed by atoms with Crippen molar-refractivity contribution in [3.63, 3.8) is 0 Å². The van der Waals surface area contributed by atoms with Crippen LogP contribution in [0.3, 0.4) is 0 Å². The van der Waals surface area contributed by atoms with Gasteiger partial charge < -0.3 is 10.5 Å². The maximum Gasteiger partial charge on any atom is 0.243 e. The van der Waals surface area contributed by atoms with E-state index in [1.165, 1.54) is 0 Å². The lowest BCUT2D eigenvalue weighted by molar-refractivity contribution is 0.169. The van der Waals surface area contributed by atoms with E-state index < -0.39 is 10.0 Å². The molecule has 1 aliphatic heterocycles. The molecule has 2 rings (SSSR count). The second-order valence-electron chi connectivity index (χ2n) is 5.15. The van der Waals surface area contributed by atoms with Crippen molar-refractivity contribution in [2.45, 2.75) is 24.3 Å². The number of ether oxygens (including phenoxy) is 1. The molecule has 0 spiro atoms. The third-order valence-corrected chi connectivity index (χ3v) is 6.87. The average molecular weight is 330 g/mol. The number of nitrogen functional groups attached to an aromatic ring is 1. The third-order valence-electron chi connectivity index (χ3n) is 3.61. The van der Waals surface area contributed by atoms with Gasteiger partial charge in [-0.3, -0.25) is 0 Å². The number of rotatable bonds is 6. The molecule has 1 atom stereocenters. The number of nitrogens with two attached hydrogens (primary N) is 1. The summed E-state index contributed by atoms with van der Waals surface area (Å²) in [6.45, 7) is 2.56. The Balaban J connectivity index is 2.35. The predicted octanol–water partition coefficient (Wildman–Crippen LogP) is 1.72. The van der Waals surface area contributed by atoms with Gasteiger partial charge in [0.25, 0.3) is 0 Å². The van der Waals surface area contributed by atoms with E-state index in [0.29, 0.717) is 29.3 Å². The highest BCUT2D eigenvalue weighted by atomic mass is 32.2. The van der Waals surface area contributed by atoms with Gasteiger partial charge in [0.15, 0.2) is 0 Å². The maximum atomic E-state index is 13.0. The van der Waals surface area contributed by atoms with Crippen LogP contribution >= 0.6 is 11.8 Å². The maximum absolute atomic E-state index is 13.0. The number of nitrogens with zero attached hydrogens (tertiary/aromatic N) is 1. The highest BCUT2D eigenvalue weighted by Gasteiger charge is 2.34. The van der Waals surface area contributed by atoms with Crippen molar-refractivity contribution in [1.29, 1.82) is 0 Å². The van der Waals surface area contributed by atoms with Crippen molar-refractivity contribution < 1.29 is 13.2 Å². The highest BCUT2D eigenvalue weighted by molar-refractivity contribution is 7.99. The van der Waals surface area contributed by atoms with Crippen LogP contribution in [0.25, 0.3) is 0 Å². The van der Waals surface area contributed by atoms with Gasteiger partial charge in [0.2, 0.25) is 10.0 Å². The second-order valence-corrected chi connectivity index (χ2v) is 8.16. The lowest BCUT2D eigenvalue weighted by Crippen LogP contribution is -2.42. The van der Waals surface area contributed by atoms with Crippen LogP contribution in [0.2, 0.25) is 0 Å². The van der Waals surface area contributed by atoms with Crippen molar-refractivity contribution in [1.82, 2.24) is 4.31 Å². The molecule has 7 heteroatoms. The molecule has 2 N–H and O–H groups in total. The number of methoxy groups -OCH3 is 1. The number of anilines is 1. The Bertz CT molecular complexity index is 584. The fourth-order valence-electron chi connectivity index (χ4n) is 2.52. The van der Waals surface area contributed by atoms with Gasteiger partial charge in [-0.05, 0) is 42.9 Å². The van der Waals surface area contributed by atoms with Crippen LogP contribution in [0, 0.1) is 6.92 Å². The van der Waals surface area contributed by atoms with E-state index in [1.807, 2.05) is 0 Å². The Hall–Kier alpha value is -0.760. The summed E-state index contributed by atoms with van der Waals surface area (Å²) in [6, 6.07) is 4.98. The molecule has 0 bridgehead atoms. The van der Waals surface area contributed by atoms with Gasteiger partial charge in [0.1, 0.15) is 0 Å². The largest absolute Gasteiger partial charge is 0.399 e. The zero-order chi connectivity index (χ0) is 15.5. The number of sulfonamides is 1. The topological polar surface area (TPSA) is 72.6 Å². The molecule has 5 nitrogen and oxygen atoms in total. The van der Waals surface area contributed by atoms with Crippen LogP contribution < -0.4 is 5.73 Å². The minimum Gasteiger partial charge on any atom is -0.399 e. The molecule has 1 unspecified atom stereocenters. The number of thioether (sulfide) groups is 1. The zero-order valence-electron chi connectivity index (χ0n) is 12.4. The normalized spacial score (nSPS) is 19.3. The molecular formula is C14H22N2O3S2. The van der Waals surface area contributed by atoms with Crippen LogP contribution in [0.4, 0.5) is 5.69 Å². The van der Waals surface area contributed by atoms with Crippen molar-refractivity contribution in [2.75, 3.05) is 37.5 Å². The number of hydrogen-bond acceptors (Lipinski definition) is 5. The molecule has 1 heterocycles. The van der Waals surface area contributed by atoms with Gasteiger partial charge >= 0.3 is 0 Å². The third kappa shape index (κ3) is 3.71. The van der Waals surface area contributed by atoms with E-state index in [2.05, 4.69) is 0 Å². The molecule has 21 heavy (non-hydrogen) atoms. The summed E-state index contributed by atoms with van der Waals surface area (Å²) in [5, 5.41) is 0. The quantitative estimate of drug-likeness (QED) is 0.804. The van der Waals surface area contributed by atoms with Crippen LogP contribution in [-0.4, -0.2) is 50.5 Å². The molecule has 118 valence electrons. The van der Waals surface area contributed by atoms with E-state index in [0.717, 1.165) is 17.9 Å². The first-order valence-corrected chi connectivity index (χ1v) is 9.51. The first-order chi connectivity index (χ1) is 9.96. The van der Waals surface area contributed by atoms with E-state index >= 15 is 0 Å². The summed E-state index contributed by atoms with van der Waals surface area (Å²) in [6.07, 6.45) is 0.891. The molecule has 0 saturated carbocycles. The Morgan fingerprint density at radius 1 is 1.48 bits per heavy atom. The Morgan fingerprint density at radius 3 is 2.81 bits per heavy atom. The van der Waals surface area contributed by atoms with E-state index in [-0.39, 0.29) is 6.04 Å². The molecule has 1 aromatic carbocycles. The minimum absolute atomic E-state index is 0.0482. The smallest absolute Gasteiger partial charge is 0.243 e. The summed E-state index contributed by atoms with van der Waals surface area (Å²) >= 11 is 1.79. The lowest BCUT2D eigenvalue weighted by atomic mass is 10.2. The Morgan fingerprint density at radius 2 is 2.24 bits per heavy atom. The fourth-order valence-corrected chi connectivity index (χ4v) is 5.68. The van der Waals surface area contributed by atoms with Gasteiger partial charge in [-0.25, -0.2) is 8.42 Å². The van der Waals surface area contributed by atoms with Crippen molar-refractivity contribution in [3.05, 3.63) is 23.8 Å². The van der Waals surface area contributed by atoms with E-state index in [9.17, 15) is 8.42 Å². The second kappa shape index (κ2) is 7.00. The van der Waals surface area contributed by atoms with Crippen molar-refractivity contribution >= 4 is 27.5 Å². The van der Waals surface area contributed by atoms with Gasteiger partial charge in [0, 0.05) is 31.1 Å². The standard InChI is InChI=1S/C14H22N2O3S2/c1-11-9-12(15)3-4-14(11)21(17,18)16(6-7-19-2)13-5-8-20-10-13/h3-4,9,13H,5-8,10,15H2,1-2H3. The van der Waals surface area contributed by atoms with Crippen LogP contribution in [-0.2, 0) is 14.8 Å². The van der Waals surface area contributed by atoms with Crippen LogP contribution in [0.15, 0.2) is 23.1 Å². The lowest BCUT2D eigenvalue weighted by Gasteiger charge is -2.28. The zero-order valence-corrected chi connectivity index (χ0v) is 14.0. The average Bonchev–Trinajstić information content (AvgIpc) is 2.92. The SMILES string of the molecule is COCCN(C1CCSC1)S(=O)(=O)c1ccc(N)cc1C. The van der Waals surface area contributed by atoms with E-state index in [4.69, 9.17) is 10.5 Å². The summed E-state index contributed by atoms with van der Waals surface area (Å²) in [5.41, 5.74) is 6.98. The van der Waals surface area contributed by atoms with Gasteiger partial charge in [0.05, 0.1) is 11.5 Å². The summed E-state index contributed by atoms with van der Waals surface area (Å²) < 4.78 is 32.6. The van der Waals surface area contributed by atoms with Crippen LogP contribution in [0.1, 0.15) is 12.0 Å². The molecule has 1 aromatic rings. The molecule has 0 radical (unpaired) electrons. The number of aryl methyl sites for hydroxylation is 1. The summed E-state index contributed by atoms with van der Waals surface area (Å²) in [7, 11) is -1.93. The summed E-state index contributed by atoms with van der Waals surface area (Å²) in [5.74, 6) is 1.85. The van der Waals surface area contributed by atoms with Gasteiger partial charge in [-0.15, -0.1) is 0 Å². The van der Waals surface area contributed by atoms with Crippen LogP contribution in [0.5, 0.6) is 0 Å². The first kappa shape index (κ1) is 16.6. The van der Waals surface area contributed by atoms with Crippen molar-refractivity contribution in [2.24, 2.45) is 0 Å². The molecule has 1 fully saturated rings. The molecule has 0 amide bonds. The fraction of sp³-hybridized carbons (Fsp3) is 0.571. The molecular weight excluding hydrogens is 308 g/mol. The van der Waals surface area contributed by atoms with Crippen molar-refractivity contribution in [3.8, 4) is 0 Å².